The van der Waals surface area contributed by atoms with Crippen molar-refractivity contribution in [1.29, 1.82) is 0 Å². The standard InChI is InChI=1S/C9H13FN2O/c1-9(2,3)7-4-11-8(10)6(5-13)12-7/h4,13H,5H2,1-3H3. The molecule has 0 atom stereocenters. The van der Waals surface area contributed by atoms with Crippen molar-refractivity contribution in [2.45, 2.75) is 32.8 Å². The van der Waals surface area contributed by atoms with E-state index in [1.54, 1.807) is 0 Å². The Morgan fingerprint density at radius 1 is 1.46 bits per heavy atom. The van der Waals surface area contributed by atoms with Crippen LogP contribution >= 0.6 is 0 Å². The Morgan fingerprint density at radius 2 is 2.08 bits per heavy atom. The van der Waals surface area contributed by atoms with Crippen LogP contribution < -0.4 is 0 Å². The minimum Gasteiger partial charge on any atom is -0.390 e. The molecule has 0 aromatic carbocycles. The van der Waals surface area contributed by atoms with Gasteiger partial charge in [-0.25, -0.2) is 9.97 Å². The molecule has 0 aliphatic heterocycles. The van der Waals surface area contributed by atoms with Crippen LogP contribution in [0.2, 0.25) is 0 Å². The van der Waals surface area contributed by atoms with Gasteiger partial charge < -0.3 is 5.11 Å². The number of aromatic nitrogens is 2. The van der Waals surface area contributed by atoms with Crippen molar-refractivity contribution in [1.82, 2.24) is 9.97 Å². The third-order valence-corrected chi connectivity index (χ3v) is 1.71. The smallest absolute Gasteiger partial charge is 0.236 e. The summed E-state index contributed by atoms with van der Waals surface area (Å²) in [6, 6.07) is 0. The molecule has 1 N–H and O–H groups in total. The fourth-order valence-electron chi connectivity index (χ4n) is 0.875. The number of hydrogen-bond acceptors (Lipinski definition) is 3. The summed E-state index contributed by atoms with van der Waals surface area (Å²) in [7, 11) is 0. The first-order chi connectivity index (χ1) is 5.95. The van der Waals surface area contributed by atoms with Gasteiger partial charge in [0, 0.05) is 5.41 Å². The average Bonchev–Trinajstić information content (AvgIpc) is 2.03. The summed E-state index contributed by atoms with van der Waals surface area (Å²) < 4.78 is 12.8. The van der Waals surface area contributed by atoms with Gasteiger partial charge in [-0.1, -0.05) is 20.8 Å². The zero-order valence-corrected chi connectivity index (χ0v) is 8.00. The monoisotopic (exact) mass is 184 g/mol. The summed E-state index contributed by atoms with van der Waals surface area (Å²) in [5.41, 5.74) is 0.510. The summed E-state index contributed by atoms with van der Waals surface area (Å²) >= 11 is 0. The van der Waals surface area contributed by atoms with E-state index in [0.29, 0.717) is 5.69 Å². The molecule has 72 valence electrons. The van der Waals surface area contributed by atoms with Crippen molar-refractivity contribution >= 4 is 0 Å². The van der Waals surface area contributed by atoms with Crippen molar-refractivity contribution < 1.29 is 9.50 Å². The van der Waals surface area contributed by atoms with E-state index in [0.717, 1.165) is 0 Å². The minimum absolute atomic E-state index is 0.00688. The molecule has 4 heteroatoms. The van der Waals surface area contributed by atoms with Gasteiger partial charge >= 0.3 is 0 Å². The van der Waals surface area contributed by atoms with E-state index in [9.17, 15) is 4.39 Å². The lowest BCUT2D eigenvalue weighted by molar-refractivity contribution is 0.266. The van der Waals surface area contributed by atoms with Crippen LogP contribution in [0.5, 0.6) is 0 Å². The van der Waals surface area contributed by atoms with E-state index in [1.165, 1.54) is 6.20 Å². The van der Waals surface area contributed by atoms with Crippen molar-refractivity contribution in [2.24, 2.45) is 0 Å². The molecular formula is C9H13FN2O. The Labute approximate surface area is 76.7 Å². The molecule has 3 nitrogen and oxygen atoms in total. The quantitative estimate of drug-likeness (QED) is 0.717. The van der Waals surface area contributed by atoms with E-state index in [1.807, 2.05) is 20.8 Å². The van der Waals surface area contributed by atoms with Crippen LogP contribution in [-0.4, -0.2) is 15.1 Å². The second kappa shape index (κ2) is 3.38. The second-order valence-electron chi connectivity index (χ2n) is 3.90. The molecule has 0 spiro atoms. The number of nitrogens with zero attached hydrogens (tertiary/aromatic N) is 2. The lowest BCUT2D eigenvalue weighted by Gasteiger charge is -2.17. The summed E-state index contributed by atoms with van der Waals surface area (Å²) in [5, 5.41) is 8.77. The van der Waals surface area contributed by atoms with Crippen LogP contribution in [0.1, 0.15) is 32.2 Å². The third-order valence-electron chi connectivity index (χ3n) is 1.71. The van der Waals surface area contributed by atoms with Crippen LogP contribution in [0.3, 0.4) is 0 Å². The highest BCUT2D eigenvalue weighted by Gasteiger charge is 2.17. The second-order valence-corrected chi connectivity index (χ2v) is 3.90. The Bertz CT molecular complexity index is 307. The SMILES string of the molecule is CC(C)(C)c1cnc(F)c(CO)n1. The molecule has 0 amide bonds. The molecule has 0 saturated heterocycles. The Kier molecular flexibility index (Phi) is 2.61. The van der Waals surface area contributed by atoms with Gasteiger partial charge in [0.25, 0.3) is 0 Å². The Hall–Kier alpha value is -1.03. The molecular weight excluding hydrogens is 171 g/mol. The molecule has 0 fully saturated rings. The van der Waals surface area contributed by atoms with Gasteiger partial charge in [-0.3, -0.25) is 0 Å². The maximum atomic E-state index is 12.8. The van der Waals surface area contributed by atoms with Gasteiger partial charge in [0.1, 0.15) is 5.69 Å². The first kappa shape index (κ1) is 10.1. The molecule has 0 radical (unpaired) electrons. The molecule has 0 aliphatic rings. The van der Waals surface area contributed by atoms with Crippen molar-refractivity contribution in [3.8, 4) is 0 Å². The fraction of sp³-hybridized carbons (Fsp3) is 0.556. The number of aliphatic hydroxyl groups excluding tert-OH is 1. The van der Waals surface area contributed by atoms with Crippen LogP contribution in [0.4, 0.5) is 4.39 Å². The highest BCUT2D eigenvalue weighted by Crippen LogP contribution is 2.19. The van der Waals surface area contributed by atoms with Gasteiger partial charge in [0.2, 0.25) is 5.95 Å². The highest BCUT2D eigenvalue weighted by atomic mass is 19.1. The predicted octanol–water partition coefficient (Wildman–Crippen LogP) is 1.41. The van der Waals surface area contributed by atoms with Crippen LogP contribution in [0, 0.1) is 5.95 Å². The molecule has 1 heterocycles. The Balaban J connectivity index is 3.14. The highest BCUT2D eigenvalue weighted by molar-refractivity contribution is 5.12. The number of halogens is 1. The van der Waals surface area contributed by atoms with E-state index < -0.39 is 12.6 Å². The van der Waals surface area contributed by atoms with Crippen molar-refractivity contribution in [2.75, 3.05) is 0 Å². The number of aliphatic hydroxyl groups is 1. The third kappa shape index (κ3) is 2.21. The van der Waals surface area contributed by atoms with Gasteiger partial charge in [-0.05, 0) is 0 Å². The van der Waals surface area contributed by atoms with Gasteiger partial charge in [-0.2, -0.15) is 4.39 Å². The maximum absolute atomic E-state index is 12.8. The molecule has 0 bridgehead atoms. The Morgan fingerprint density at radius 3 is 2.54 bits per heavy atom. The fourth-order valence-corrected chi connectivity index (χ4v) is 0.875. The topological polar surface area (TPSA) is 46.0 Å². The zero-order chi connectivity index (χ0) is 10.1. The van der Waals surface area contributed by atoms with Gasteiger partial charge in [0.15, 0.2) is 0 Å². The summed E-state index contributed by atoms with van der Waals surface area (Å²) in [6.45, 7) is 5.45. The first-order valence-corrected chi connectivity index (χ1v) is 4.08. The predicted molar refractivity (Wildman–Crippen MR) is 46.6 cm³/mol. The molecule has 13 heavy (non-hydrogen) atoms. The molecule has 0 unspecified atom stereocenters. The molecule has 1 rings (SSSR count). The van der Waals surface area contributed by atoms with Gasteiger partial charge in [0.05, 0.1) is 18.5 Å². The normalized spacial score (nSPS) is 11.8. The van der Waals surface area contributed by atoms with Crippen molar-refractivity contribution in [3.63, 3.8) is 0 Å². The lowest BCUT2D eigenvalue weighted by Crippen LogP contribution is -2.16. The maximum Gasteiger partial charge on any atom is 0.236 e. The average molecular weight is 184 g/mol. The molecule has 0 aliphatic carbocycles. The molecule has 1 aromatic heterocycles. The van der Waals surface area contributed by atoms with E-state index in [2.05, 4.69) is 9.97 Å². The van der Waals surface area contributed by atoms with E-state index in [4.69, 9.17) is 5.11 Å². The number of hydrogen-bond donors (Lipinski definition) is 1. The van der Waals surface area contributed by atoms with E-state index >= 15 is 0 Å². The van der Waals surface area contributed by atoms with Crippen LogP contribution in [-0.2, 0) is 12.0 Å². The largest absolute Gasteiger partial charge is 0.390 e. The van der Waals surface area contributed by atoms with E-state index in [-0.39, 0.29) is 11.1 Å². The first-order valence-electron chi connectivity index (χ1n) is 4.08. The minimum atomic E-state index is -0.699. The van der Waals surface area contributed by atoms with Crippen LogP contribution in [0.25, 0.3) is 0 Å². The van der Waals surface area contributed by atoms with Gasteiger partial charge in [-0.15, -0.1) is 0 Å². The number of rotatable bonds is 1. The zero-order valence-electron chi connectivity index (χ0n) is 8.00. The summed E-state index contributed by atoms with van der Waals surface area (Å²) in [6.07, 6.45) is 1.40. The van der Waals surface area contributed by atoms with Crippen LogP contribution in [0.15, 0.2) is 6.20 Å². The lowest BCUT2D eigenvalue weighted by atomic mass is 9.93. The molecule has 0 saturated carbocycles. The molecule has 1 aromatic rings. The van der Waals surface area contributed by atoms with Crippen molar-refractivity contribution in [3.05, 3.63) is 23.5 Å². The summed E-state index contributed by atoms with van der Waals surface area (Å²) in [4.78, 5) is 7.50. The summed E-state index contributed by atoms with van der Waals surface area (Å²) in [5.74, 6) is -0.699.